The number of allylic oxidation sites excluding steroid dienone is 3. The fourth-order valence-corrected chi connectivity index (χ4v) is 2.30. The molecule has 0 N–H and O–H groups in total. The van der Waals surface area contributed by atoms with Crippen molar-refractivity contribution in [1.82, 2.24) is 4.90 Å². The smallest absolute Gasteiger partial charge is 0.0651 e. The molecule has 1 nitrogen and oxygen atoms in total. The molecule has 1 aliphatic rings. The van der Waals surface area contributed by atoms with E-state index in [0.717, 1.165) is 5.92 Å². The van der Waals surface area contributed by atoms with Gasteiger partial charge in [-0.1, -0.05) is 29.7 Å². The Balaban J connectivity index is 2.82. The van der Waals surface area contributed by atoms with E-state index in [1.165, 1.54) is 24.0 Å². The molecule has 0 aliphatic heterocycles. The first-order valence-electron chi connectivity index (χ1n) is 7.63. The van der Waals surface area contributed by atoms with Crippen molar-refractivity contribution in [2.24, 2.45) is 11.8 Å². The highest BCUT2D eigenvalue weighted by Crippen LogP contribution is 2.36. The van der Waals surface area contributed by atoms with Crippen LogP contribution < -0.4 is 0 Å². The Bertz CT molecular complexity index is 452. The van der Waals surface area contributed by atoms with Crippen molar-refractivity contribution in [3.8, 4) is 11.8 Å². The molecule has 0 aromatic rings. The second-order valence-electron chi connectivity index (χ2n) is 5.86. The van der Waals surface area contributed by atoms with Crippen LogP contribution in [0.2, 0.25) is 0 Å². The minimum Gasteiger partial charge on any atom is -0.371 e. The second kappa shape index (κ2) is 8.00. The molecule has 0 aromatic heterocycles. The third kappa shape index (κ3) is 5.29. The lowest BCUT2D eigenvalue weighted by atomic mass is 10.0. The monoisotopic (exact) mass is 271 g/mol. The molecule has 0 bridgehead atoms. The van der Waals surface area contributed by atoms with Gasteiger partial charge in [0.25, 0.3) is 0 Å². The van der Waals surface area contributed by atoms with Gasteiger partial charge in [0.1, 0.15) is 0 Å². The van der Waals surface area contributed by atoms with Crippen LogP contribution in [0.5, 0.6) is 0 Å². The van der Waals surface area contributed by atoms with Crippen LogP contribution in [0.25, 0.3) is 0 Å². The van der Waals surface area contributed by atoms with Crippen LogP contribution in [-0.2, 0) is 0 Å². The van der Waals surface area contributed by atoms with Gasteiger partial charge in [0.05, 0.1) is 6.04 Å². The first-order chi connectivity index (χ1) is 9.49. The van der Waals surface area contributed by atoms with Crippen LogP contribution in [-0.4, -0.2) is 18.0 Å². The molecule has 2 unspecified atom stereocenters. The van der Waals surface area contributed by atoms with Crippen molar-refractivity contribution < 1.29 is 0 Å². The zero-order chi connectivity index (χ0) is 15.1. The van der Waals surface area contributed by atoms with Gasteiger partial charge in [-0.2, -0.15) is 0 Å². The van der Waals surface area contributed by atoms with Gasteiger partial charge in [-0.3, -0.25) is 0 Å². The van der Waals surface area contributed by atoms with E-state index in [1.807, 2.05) is 6.92 Å². The molecule has 0 radical (unpaired) electrons. The second-order valence-corrected chi connectivity index (χ2v) is 5.86. The van der Waals surface area contributed by atoms with Gasteiger partial charge >= 0.3 is 0 Å². The van der Waals surface area contributed by atoms with E-state index in [-0.39, 0.29) is 0 Å². The predicted molar refractivity (Wildman–Crippen MR) is 89.2 cm³/mol. The van der Waals surface area contributed by atoms with Crippen molar-refractivity contribution in [3.05, 3.63) is 35.6 Å². The molecule has 1 rings (SSSR count). The number of rotatable bonds is 6. The lowest BCUT2D eigenvalue weighted by molar-refractivity contribution is 0.429. The topological polar surface area (TPSA) is 3.24 Å². The Labute approximate surface area is 125 Å². The van der Waals surface area contributed by atoms with Gasteiger partial charge in [0.2, 0.25) is 0 Å². The zero-order valence-corrected chi connectivity index (χ0v) is 13.9. The molecule has 20 heavy (non-hydrogen) atoms. The third-order valence-electron chi connectivity index (χ3n) is 3.97. The fraction of sp³-hybridized carbons (Fsp3) is 0.579. The average molecular weight is 271 g/mol. The van der Waals surface area contributed by atoms with Gasteiger partial charge in [-0.15, -0.1) is 5.92 Å². The number of hydrogen-bond donors (Lipinski definition) is 0. The van der Waals surface area contributed by atoms with Crippen LogP contribution in [0.3, 0.4) is 0 Å². The van der Waals surface area contributed by atoms with Crippen molar-refractivity contribution in [2.75, 3.05) is 7.05 Å². The fourth-order valence-electron chi connectivity index (χ4n) is 2.30. The SMILES string of the molecule is CC#CC(C)/C(C)=C\N(C)C(/C=C/C)/C=C(\C)C1CC1. The van der Waals surface area contributed by atoms with Crippen molar-refractivity contribution in [1.29, 1.82) is 0 Å². The Morgan fingerprint density at radius 3 is 2.45 bits per heavy atom. The standard InChI is InChI=1S/C19H29N/c1-7-9-15(3)17(5)14-20(6)19(10-8-2)13-16(4)18-11-12-18/h8,10,13-15,18-19H,11-12H2,1-6H3/b10-8+,16-13+,17-14-. The molecule has 1 fully saturated rings. The maximum Gasteiger partial charge on any atom is 0.0651 e. The van der Waals surface area contributed by atoms with Crippen LogP contribution in [0.4, 0.5) is 0 Å². The quantitative estimate of drug-likeness (QED) is 0.496. The molecular formula is C19H29N. The molecule has 2 atom stereocenters. The summed E-state index contributed by atoms with van der Waals surface area (Å²) in [5.41, 5.74) is 2.85. The molecule has 1 saturated carbocycles. The van der Waals surface area contributed by atoms with E-state index in [9.17, 15) is 0 Å². The Morgan fingerprint density at radius 2 is 1.95 bits per heavy atom. The molecule has 0 amide bonds. The van der Waals surface area contributed by atoms with Crippen molar-refractivity contribution in [3.63, 3.8) is 0 Å². The minimum absolute atomic E-state index is 0.321. The number of nitrogens with zero attached hydrogens (tertiary/aromatic N) is 1. The van der Waals surface area contributed by atoms with Crippen LogP contribution in [0.15, 0.2) is 35.6 Å². The lowest BCUT2D eigenvalue weighted by Gasteiger charge is -2.24. The molecular weight excluding hydrogens is 242 g/mol. The zero-order valence-electron chi connectivity index (χ0n) is 13.9. The summed E-state index contributed by atoms with van der Waals surface area (Å²) in [6.45, 7) is 10.6. The Morgan fingerprint density at radius 1 is 1.30 bits per heavy atom. The summed E-state index contributed by atoms with van der Waals surface area (Å²) in [4.78, 5) is 2.29. The van der Waals surface area contributed by atoms with Gasteiger partial charge < -0.3 is 4.90 Å². The highest BCUT2D eigenvalue weighted by Gasteiger charge is 2.23. The van der Waals surface area contributed by atoms with Crippen LogP contribution in [0, 0.1) is 23.7 Å². The van der Waals surface area contributed by atoms with Gasteiger partial charge in [-0.25, -0.2) is 0 Å². The summed E-state index contributed by atoms with van der Waals surface area (Å²) < 4.78 is 0. The summed E-state index contributed by atoms with van der Waals surface area (Å²) >= 11 is 0. The first kappa shape index (κ1) is 16.6. The van der Waals surface area contributed by atoms with E-state index >= 15 is 0 Å². The normalized spacial score (nSPS) is 19.5. The number of hydrogen-bond acceptors (Lipinski definition) is 1. The number of likely N-dealkylation sites (N-methyl/N-ethyl adjacent to an activating group) is 1. The minimum atomic E-state index is 0.321. The predicted octanol–water partition coefficient (Wildman–Crippen LogP) is 4.78. The van der Waals surface area contributed by atoms with E-state index in [4.69, 9.17) is 0 Å². The maximum atomic E-state index is 3.21. The molecule has 1 heteroatoms. The molecule has 0 heterocycles. The van der Waals surface area contributed by atoms with E-state index in [0.29, 0.717) is 12.0 Å². The van der Waals surface area contributed by atoms with E-state index in [2.05, 4.69) is 75.9 Å². The highest BCUT2D eigenvalue weighted by atomic mass is 15.1. The summed E-state index contributed by atoms with van der Waals surface area (Å²) in [7, 11) is 2.15. The van der Waals surface area contributed by atoms with Crippen LogP contribution in [0.1, 0.15) is 47.5 Å². The molecule has 0 saturated heterocycles. The summed E-state index contributed by atoms with van der Waals surface area (Å²) in [6.07, 6.45) is 11.8. The average Bonchev–Trinajstić information content (AvgIpc) is 3.22. The van der Waals surface area contributed by atoms with Gasteiger partial charge in [-0.05, 0) is 65.2 Å². The third-order valence-corrected chi connectivity index (χ3v) is 3.97. The Kier molecular flexibility index (Phi) is 6.65. The molecule has 0 spiro atoms. The first-order valence-corrected chi connectivity index (χ1v) is 7.63. The molecule has 1 aliphatic carbocycles. The van der Waals surface area contributed by atoms with Crippen molar-refractivity contribution in [2.45, 2.75) is 53.5 Å². The summed E-state index contributed by atoms with van der Waals surface area (Å²) in [5.74, 6) is 7.37. The van der Waals surface area contributed by atoms with E-state index in [1.54, 1.807) is 0 Å². The van der Waals surface area contributed by atoms with Crippen LogP contribution >= 0.6 is 0 Å². The summed E-state index contributed by atoms with van der Waals surface area (Å²) in [5, 5.41) is 0. The molecule has 0 aromatic carbocycles. The largest absolute Gasteiger partial charge is 0.371 e. The van der Waals surface area contributed by atoms with Gasteiger partial charge in [0.15, 0.2) is 0 Å². The lowest BCUT2D eigenvalue weighted by Crippen LogP contribution is -2.24. The summed E-state index contributed by atoms with van der Waals surface area (Å²) in [6, 6.07) is 0.345. The highest BCUT2D eigenvalue weighted by molar-refractivity contribution is 5.20. The van der Waals surface area contributed by atoms with Gasteiger partial charge in [0, 0.05) is 13.0 Å². The Hall–Kier alpha value is -1.42. The van der Waals surface area contributed by atoms with Crippen molar-refractivity contribution >= 4 is 0 Å². The molecule has 110 valence electrons. The maximum absolute atomic E-state index is 3.21. The van der Waals surface area contributed by atoms with E-state index < -0.39 is 0 Å².